The number of aliphatic hydroxyl groups is 1. The highest BCUT2D eigenvalue weighted by Gasteiger charge is 2.22. The second-order valence-electron chi connectivity index (χ2n) is 3.51. The molecule has 2 rings (SSSR count). The van der Waals surface area contributed by atoms with Crippen LogP contribution in [-0.4, -0.2) is 18.0 Å². The van der Waals surface area contributed by atoms with Crippen molar-refractivity contribution >= 4 is 5.78 Å². The van der Waals surface area contributed by atoms with Crippen LogP contribution in [0.3, 0.4) is 0 Å². The second-order valence-corrected chi connectivity index (χ2v) is 3.51. The number of allylic oxidation sites excluding steroid dienone is 1. The van der Waals surface area contributed by atoms with Gasteiger partial charge in [0.25, 0.3) is 0 Å². The van der Waals surface area contributed by atoms with E-state index in [2.05, 4.69) is 0 Å². The largest absolute Gasteiger partial charge is 0.515 e. The molecule has 0 fully saturated rings. The first-order chi connectivity index (χ1) is 7.26. The molecule has 0 spiro atoms. The van der Waals surface area contributed by atoms with Crippen LogP contribution in [0.5, 0.6) is 5.75 Å². The molecule has 0 radical (unpaired) electrons. The van der Waals surface area contributed by atoms with Gasteiger partial charge in [-0.2, -0.15) is 0 Å². The minimum Gasteiger partial charge on any atom is -0.515 e. The minimum absolute atomic E-state index is 0.0994. The van der Waals surface area contributed by atoms with Gasteiger partial charge in [0, 0.05) is 11.1 Å². The van der Waals surface area contributed by atoms with Crippen LogP contribution in [0.25, 0.3) is 0 Å². The number of carbonyl (C=O) groups is 1. The molecule has 0 saturated heterocycles. The van der Waals surface area contributed by atoms with Gasteiger partial charge < -0.3 is 9.84 Å². The lowest BCUT2D eigenvalue weighted by Crippen LogP contribution is -2.14. The summed E-state index contributed by atoms with van der Waals surface area (Å²) < 4.78 is 5.06. The maximum absolute atomic E-state index is 11.8. The normalized spacial score (nSPS) is 17.7. The van der Waals surface area contributed by atoms with Crippen LogP contribution in [0, 0.1) is 0 Å². The van der Waals surface area contributed by atoms with Crippen LogP contribution in [0.15, 0.2) is 30.0 Å². The molecule has 15 heavy (non-hydrogen) atoms. The zero-order chi connectivity index (χ0) is 10.8. The summed E-state index contributed by atoms with van der Waals surface area (Å²) in [6, 6.07) is 5.47. The zero-order valence-corrected chi connectivity index (χ0v) is 8.49. The summed E-state index contributed by atoms with van der Waals surface area (Å²) in [5, 5.41) is 8.90. The van der Waals surface area contributed by atoms with Crippen molar-refractivity contribution in [2.24, 2.45) is 0 Å². The summed E-state index contributed by atoms with van der Waals surface area (Å²) >= 11 is 0. The summed E-state index contributed by atoms with van der Waals surface area (Å²) in [5.74, 6) is 0.568. The summed E-state index contributed by atoms with van der Waals surface area (Å²) in [4.78, 5) is 11.8. The predicted octanol–water partition coefficient (Wildman–Crippen LogP) is 2.27. The molecule has 0 saturated carbocycles. The molecule has 78 valence electrons. The van der Waals surface area contributed by atoms with Gasteiger partial charge in [0.05, 0.1) is 13.4 Å². The molecule has 1 aromatic rings. The number of benzene rings is 1. The van der Waals surface area contributed by atoms with Crippen molar-refractivity contribution in [3.8, 4) is 5.75 Å². The molecule has 0 bridgehead atoms. The first kappa shape index (κ1) is 9.77. The van der Waals surface area contributed by atoms with Crippen LogP contribution in [0.2, 0.25) is 0 Å². The first-order valence-electron chi connectivity index (χ1n) is 4.81. The standard InChI is InChI=1S/C12H12O3/c1-15-10-5-4-8-2-3-9(7-13)12(14)11(8)6-10/h4-7,13H,2-3H2,1H3. The predicted molar refractivity (Wildman–Crippen MR) is 56.4 cm³/mol. The molecular weight excluding hydrogens is 192 g/mol. The van der Waals surface area contributed by atoms with Gasteiger partial charge >= 0.3 is 0 Å². The van der Waals surface area contributed by atoms with Crippen LogP contribution >= 0.6 is 0 Å². The Morgan fingerprint density at radius 2 is 2.20 bits per heavy atom. The third kappa shape index (κ3) is 1.61. The van der Waals surface area contributed by atoms with E-state index in [1.807, 2.05) is 12.1 Å². The van der Waals surface area contributed by atoms with Crippen LogP contribution < -0.4 is 4.74 Å². The summed E-state index contributed by atoms with van der Waals surface area (Å²) in [6.07, 6.45) is 2.30. The van der Waals surface area contributed by atoms with Crippen molar-refractivity contribution in [3.63, 3.8) is 0 Å². The molecule has 0 amide bonds. The van der Waals surface area contributed by atoms with Crippen molar-refractivity contribution in [2.45, 2.75) is 12.8 Å². The Kier molecular flexibility index (Phi) is 2.46. The molecule has 3 heteroatoms. The van der Waals surface area contributed by atoms with Crippen LogP contribution in [0.1, 0.15) is 22.3 Å². The number of ketones is 1. The number of hydrogen-bond acceptors (Lipinski definition) is 3. The fourth-order valence-electron chi connectivity index (χ4n) is 1.79. The lowest BCUT2D eigenvalue weighted by Gasteiger charge is -2.17. The smallest absolute Gasteiger partial charge is 0.192 e. The Bertz CT molecular complexity index is 432. The van der Waals surface area contributed by atoms with Gasteiger partial charge in [-0.1, -0.05) is 6.07 Å². The summed E-state index contributed by atoms with van der Waals surface area (Å²) in [6.45, 7) is 0. The molecule has 0 heterocycles. The average molecular weight is 204 g/mol. The van der Waals surface area contributed by atoms with Gasteiger partial charge in [0.2, 0.25) is 0 Å². The number of hydrogen-bond donors (Lipinski definition) is 1. The monoisotopic (exact) mass is 204 g/mol. The number of aliphatic hydroxyl groups excluding tert-OH is 1. The second kappa shape index (κ2) is 3.77. The fourth-order valence-corrected chi connectivity index (χ4v) is 1.79. The number of rotatable bonds is 1. The highest BCUT2D eigenvalue weighted by Crippen LogP contribution is 2.27. The number of aryl methyl sites for hydroxylation is 1. The molecule has 0 atom stereocenters. The maximum Gasteiger partial charge on any atom is 0.192 e. The van der Waals surface area contributed by atoms with Crippen LogP contribution in [0.4, 0.5) is 0 Å². The number of ether oxygens (including phenoxy) is 1. The Hall–Kier alpha value is -1.77. The van der Waals surface area contributed by atoms with Crippen molar-refractivity contribution in [3.05, 3.63) is 41.2 Å². The molecule has 0 unspecified atom stereocenters. The Morgan fingerprint density at radius 3 is 2.87 bits per heavy atom. The van der Waals surface area contributed by atoms with Crippen molar-refractivity contribution in [1.29, 1.82) is 0 Å². The number of Topliss-reactive ketones (excluding diaryl/α,β-unsaturated/α-hetero) is 1. The quantitative estimate of drug-likeness (QED) is 0.563. The highest BCUT2D eigenvalue weighted by molar-refractivity contribution is 6.10. The van der Waals surface area contributed by atoms with Gasteiger partial charge in [-0.25, -0.2) is 0 Å². The molecular formula is C12H12O3. The Labute approximate surface area is 88.0 Å². The van der Waals surface area contributed by atoms with E-state index < -0.39 is 0 Å². The topological polar surface area (TPSA) is 46.5 Å². The van der Waals surface area contributed by atoms with Crippen LogP contribution in [-0.2, 0) is 6.42 Å². The maximum atomic E-state index is 11.8. The van der Waals surface area contributed by atoms with Gasteiger partial charge in [0.1, 0.15) is 5.75 Å². The van der Waals surface area contributed by atoms with Gasteiger partial charge in [-0.05, 0) is 30.5 Å². The lowest BCUT2D eigenvalue weighted by molar-refractivity contribution is 0.102. The van der Waals surface area contributed by atoms with Crippen molar-refractivity contribution in [1.82, 2.24) is 0 Å². The van der Waals surface area contributed by atoms with Crippen molar-refractivity contribution in [2.75, 3.05) is 7.11 Å². The van der Waals surface area contributed by atoms with Gasteiger partial charge in [-0.3, -0.25) is 4.79 Å². The number of methoxy groups -OCH3 is 1. The van der Waals surface area contributed by atoms with E-state index in [9.17, 15) is 4.79 Å². The molecule has 1 aliphatic rings. The molecule has 0 aliphatic heterocycles. The summed E-state index contributed by atoms with van der Waals surface area (Å²) in [5.41, 5.74) is 2.13. The van der Waals surface area contributed by atoms with E-state index in [0.29, 0.717) is 23.3 Å². The molecule has 1 aromatic carbocycles. The van der Waals surface area contributed by atoms with E-state index >= 15 is 0 Å². The van der Waals surface area contributed by atoms with Gasteiger partial charge in [0.15, 0.2) is 5.78 Å². The average Bonchev–Trinajstić information content (AvgIpc) is 2.29. The highest BCUT2D eigenvalue weighted by atomic mass is 16.5. The van der Waals surface area contributed by atoms with E-state index in [1.165, 1.54) is 0 Å². The molecule has 1 N–H and O–H groups in total. The molecule has 0 aromatic heterocycles. The zero-order valence-electron chi connectivity index (χ0n) is 8.49. The Morgan fingerprint density at radius 1 is 1.40 bits per heavy atom. The molecule has 1 aliphatic carbocycles. The lowest BCUT2D eigenvalue weighted by atomic mass is 9.87. The fraction of sp³-hybridized carbons (Fsp3) is 0.250. The molecule has 3 nitrogen and oxygen atoms in total. The Balaban J connectivity index is 2.49. The van der Waals surface area contributed by atoms with E-state index in [1.54, 1.807) is 13.2 Å². The third-order valence-corrected chi connectivity index (χ3v) is 2.67. The van der Waals surface area contributed by atoms with Crippen molar-refractivity contribution < 1.29 is 14.6 Å². The first-order valence-corrected chi connectivity index (χ1v) is 4.81. The SMILES string of the molecule is COc1ccc2c(c1)C(=O)C(=CO)CC2. The van der Waals surface area contributed by atoms with E-state index in [-0.39, 0.29) is 5.78 Å². The third-order valence-electron chi connectivity index (χ3n) is 2.67. The van der Waals surface area contributed by atoms with E-state index in [0.717, 1.165) is 18.2 Å². The number of fused-ring (bicyclic) bond motifs is 1. The van der Waals surface area contributed by atoms with E-state index in [4.69, 9.17) is 9.84 Å². The number of carbonyl (C=O) groups excluding carboxylic acids is 1. The minimum atomic E-state index is -0.0994. The van der Waals surface area contributed by atoms with Gasteiger partial charge in [-0.15, -0.1) is 0 Å². The summed E-state index contributed by atoms with van der Waals surface area (Å²) in [7, 11) is 1.57.